The predicted octanol–water partition coefficient (Wildman–Crippen LogP) is 2.41. The normalized spacial score (nSPS) is 13.6. The SMILES string of the molecule is COC(=O)C(COC(=O)CC(C)O[Si](C)(C)C(C)(C)C)NC(=O)c1nccc(OC)c1O. The molecule has 0 saturated heterocycles. The van der Waals surface area contributed by atoms with Gasteiger partial charge in [0.15, 0.2) is 31.6 Å². The van der Waals surface area contributed by atoms with Crippen molar-refractivity contribution in [1.82, 2.24) is 10.3 Å². The maximum atomic E-state index is 12.5. The molecule has 0 radical (unpaired) electrons. The minimum atomic E-state index is -2.06. The highest BCUT2D eigenvalue weighted by atomic mass is 28.4. The van der Waals surface area contributed by atoms with Crippen LogP contribution in [0.4, 0.5) is 0 Å². The number of aromatic hydroxyl groups is 1. The average Bonchev–Trinajstić information content (AvgIpc) is 2.69. The molecule has 0 aliphatic rings. The second-order valence-corrected chi connectivity index (χ2v) is 13.6. The first kappa shape index (κ1) is 27.4. The van der Waals surface area contributed by atoms with E-state index in [0.717, 1.165) is 7.11 Å². The minimum Gasteiger partial charge on any atom is -0.503 e. The fourth-order valence-corrected chi connectivity index (χ4v) is 3.94. The van der Waals surface area contributed by atoms with E-state index in [-0.39, 0.29) is 29.0 Å². The van der Waals surface area contributed by atoms with Gasteiger partial charge in [0.1, 0.15) is 6.61 Å². The molecule has 0 saturated carbocycles. The predicted molar refractivity (Wildman–Crippen MR) is 119 cm³/mol. The van der Waals surface area contributed by atoms with Gasteiger partial charge in [-0.1, -0.05) is 20.8 Å². The van der Waals surface area contributed by atoms with Crippen LogP contribution in [0.3, 0.4) is 0 Å². The van der Waals surface area contributed by atoms with E-state index >= 15 is 0 Å². The van der Waals surface area contributed by atoms with Gasteiger partial charge < -0.3 is 29.1 Å². The number of hydrogen-bond donors (Lipinski definition) is 2. The molecule has 0 spiro atoms. The number of aromatic nitrogens is 1. The number of amides is 1. The molecule has 0 aliphatic carbocycles. The summed E-state index contributed by atoms with van der Waals surface area (Å²) < 4.78 is 20.9. The number of carbonyl (C=O) groups excluding carboxylic acids is 3. The number of nitrogens with zero attached hydrogens (tertiary/aromatic N) is 1. The van der Waals surface area contributed by atoms with Gasteiger partial charge in [0.25, 0.3) is 5.91 Å². The molecule has 180 valence electrons. The minimum absolute atomic E-state index is 0.00736. The molecule has 32 heavy (non-hydrogen) atoms. The van der Waals surface area contributed by atoms with Crippen molar-refractivity contribution in [2.24, 2.45) is 0 Å². The van der Waals surface area contributed by atoms with E-state index in [1.54, 1.807) is 6.92 Å². The van der Waals surface area contributed by atoms with Crippen molar-refractivity contribution in [1.29, 1.82) is 0 Å². The smallest absolute Gasteiger partial charge is 0.331 e. The second-order valence-electron chi connectivity index (χ2n) is 8.84. The van der Waals surface area contributed by atoms with Gasteiger partial charge in [-0.3, -0.25) is 9.59 Å². The van der Waals surface area contributed by atoms with Crippen molar-refractivity contribution in [3.63, 3.8) is 0 Å². The Kier molecular flexibility index (Phi) is 9.64. The van der Waals surface area contributed by atoms with Crippen LogP contribution in [0.5, 0.6) is 11.5 Å². The standard InChI is InChI=1S/C21H34N2O8Si/c1-13(31-32(7,8)21(2,3)4)11-16(24)30-12-14(20(27)29-6)23-19(26)17-18(25)15(28-5)9-10-22-17/h9-10,13-14,25H,11-12H2,1-8H3,(H,23,26). The summed E-state index contributed by atoms with van der Waals surface area (Å²) in [6, 6.07) is 0.0825. The molecule has 0 aromatic carbocycles. The Hall–Kier alpha value is -2.66. The molecule has 1 aromatic heterocycles. The molecule has 2 atom stereocenters. The van der Waals surface area contributed by atoms with Crippen molar-refractivity contribution < 1.29 is 38.1 Å². The molecule has 2 unspecified atom stereocenters. The lowest BCUT2D eigenvalue weighted by atomic mass is 10.2. The highest BCUT2D eigenvalue weighted by Crippen LogP contribution is 2.37. The Bertz CT molecular complexity index is 823. The molecule has 10 nitrogen and oxygen atoms in total. The van der Waals surface area contributed by atoms with Crippen LogP contribution in [0, 0.1) is 0 Å². The monoisotopic (exact) mass is 470 g/mol. The van der Waals surface area contributed by atoms with E-state index in [1.165, 1.54) is 19.4 Å². The van der Waals surface area contributed by atoms with E-state index in [2.05, 4.69) is 48.9 Å². The maximum absolute atomic E-state index is 12.5. The summed E-state index contributed by atoms with van der Waals surface area (Å²) >= 11 is 0. The van der Waals surface area contributed by atoms with Gasteiger partial charge in [0, 0.05) is 12.3 Å². The van der Waals surface area contributed by atoms with Crippen LogP contribution in [-0.4, -0.2) is 69.2 Å². The van der Waals surface area contributed by atoms with Crippen LogP contribution in [0.2, 0.25) is 18.1 Å². The molecule has 1 amide bonds. The van der Waals surface area contributed by atoms with Gasteiger partial charge in [-0.05, 0) is 25.1 Å². The first-order valence-corrected chi connectivity index (χ1v) is 13.1. The van der Waals surface area contributed by atoms with Crippen molar-refractivity contribution in [3.8, 4) is 11.5 Å². The number of nitrogens with one attached hydrogen (secondary N) is 1. The fourth-order valence-electron chi connectivity index (χ4n) is 2.50. The number of hydrogen-bond acceptors (Lipinski definition) is 9. The molecular formula is C21H34N2O8Si. The van der Waals surface area contributed by atoms with Crippen molar-refractivity contribution in [3.05, 3.63) is 18.0 Å². The third-order valence-electron chi connectivity index (χ3n) is 5.28. The van der Waals surface area contributed by atoms with Crippen LogP contribution >= 0.6 is 0 Å². The van der Waals surface area contributed by atoms with Crippen LogP contribution in [0.1, 0.15) is 44.6 Å². The molecule has 1 aromatic rings. The first-order chi connectivity index (χ1) is 14.7. The Labute approximate surface area is 189 Å². The summed E-state index contributed by atoms with van der Waals surface area (Å²) in [6.45, 7) is 11.8. The van der Waals surface area contributed by atoms with E-state index < -0.39 is 44.6 Å². The first-order valence-electron chi connectivity index (χ1n) is 10.2. The van der Waals surface area contributed by atoms with Crippen LogP contribution in [0.15, 0.2) is 12.3 Å². The van der Waals surface area contributed by atoms with E-state index in [0.29, 0.717) is 0 Å². The van der Waals surface area contributed by atoms with Crippen molar-refractivity contribution >= 4 is 26.2 Å². The lowest BCUT2D eigenvalue weighted by Crippen LogP contribution is -2.46. The van der Waals surface area contributed by atoms with Crippen LogP contribution in [-0.2, 0) is 23.5 Å². The molecular weight excluding hydrogens is 436 g/mol. The number of ether oxygens (including phenoxy) is 3. The van der Waals surface area contributed by atoms with Crippen LogP contribution in [0.25, 0.3) is 0 Å². The number of rotatable bonds is 10. The topological polar surface area (TPSA) is 133 Å². The Balaban J connectivity index is 2.76. The van der Waals surface area contributed by atoms with Gasteiger partial charge >= 0.3 is 11.9 Å². The highest BCUT2D eigenvalue weighted by Gasteiger charge is 2.38. The molecule has 11 heteroatoms. The fraction of sp³-hybridized carbons (Fsp3) is 0.619. The number of carbonyl (C=O) groups is 3. The summed E-state index contributed by atoms with van der Waals surface area (Å²) in [5.41, 5.74) is -0.346. The van der Waals surface area contributed by atoms with E-state index in [1.807, 2.05) is 0 Å². The zero-order valence-corrected chi connectivity index (χ0v) is 21.0. The summed E-state index contributed by atoms with van der Waals surface area (Å²) in [5.74, 6) is -2.70. The third kappa shape index (κ3) is 7.48. The van der Waals surface area contributed by atoms with E-state index in [9.17, 15) is 19.5 Å². The average molecular weight is 471 g/mol. The van der Waals surface area contributed by atoms with Crippen molar-refractivity contribution in [2.45, 2.75) is 64.4 Å². The number of methoxy groups -OCH3 is 2. The van der Waals surface area contributed by atoms with Crippen LogP contribution < -0.4 is 10.1 Å². The Morgan fingerprint density at radius 2 is 1.84 bits per heavy atom. The number of pyridine rings is 1. The zero-order valence-electron chi connectivity index (χ0n) is 20.0. The van der Waals surface area contributed by atoms with Gasteiger partial charge in [-0.15, -0.1) is 0 Å². The quantitative estimate of drug-likeness (QED) is 0.390. The molecule has 1 rings (SSSR count). The lowest BCUT2D eigenvalue weighted by Gasteiger charge is -2.38. The summed E-state index contributed by atoms with van der Waals surface area (Å²) in [6.07, 6.45) is 0.893. The molecule has 0 aliphatic heterocycles. The van der Waals surface area contributed by atoms with Gasteiger partial charge in [0.05, 0.1) is 26.7 Å². The zero-order chi connectivity index (χ0) is 24.7. The molecule has 0 fully saturated rings. The maximum Gasteiger partial charge on any atom is 0.331 e. The van der Waals surface area contributed by atoms with Gasteiger partial charge in [-0.25, -0.2) is 9.78 Å². The van der Waals surface area contributed by atoms with E-state index in [4.69, 9.17) is 13.9 Å². The molecule has 0 bridgehead atoms. The largest absolute Gasteiger partial charge is 0.503 e. The Morgan fingerprint density at radius 1 is 1.22 bits per heavy atom. The second kappa shape index (κ2) is 11.3. The number of esters is 2. The van der Waals surface area contributed by atoms with Crippen molar-refractivity contribution in [2.75, 3.05) is 20.8 Å². The van der Waals surface area contributed by atoms with Gasteiger partial charge in [-0.2, -0.15) is 0 Å². The Morgan fingerprint density at radius 3 is 2.38 bits per heavy atom. The summed E-state index contributed by atoms with van der Waals surface area (Å²) in [7, 11) is 0.406. The lowest BCUT2D eigenvalue weighted by molar-refractivity contribution is -0.151. The summed E-state index contributed by atoms with van der Waals surface area (Å²) in [5, 5.41) is 12.4. The molecule has 1 heterocycles. The highest BCUT2D eigenvalue weighted by molar-refractivity contribution is 6.74. The molecule has 2 N–H and O–H groups in total. The van der Waals surface area contributed by atoms with Gasteiger partial charge in [0.2, 0.25) is 0 Å². The summed E-state index contributed by atoms with van der Waals surface area (Å²) in [4.78, 5) is 40.6. The third-order valence-corrected chi connectivity index (χ3v) is 9.88.